The van der Waals surface area contributed by atoms with Crippen molar-refractivity contribution in [2.45, 2.75) is 27.2 Å². The van der Waals surface area contributed by atoms with Gasteiger partial charge in [0.15, 0.2) is 0 Å². The fourth-order valence-electron chi connectivity index (χ4n) is 1.38. The number of nitrogen functional groups attached to an aromatic ring is 1. The summed E-state index contributed by atoms with van der Waals surface area (Å²) in [5.74, 6) is 0.0376. The highest BCUT2D eigenvalue weighted by atomic mass is 32.2. The van der Waals surface area contributed by atoms with Crippen LogP contribution in [0, 0.1) is 16.7 Å². The van der Waals surface area contributed by atoms with Gasteiger partial charge in [0.2, 0.25) is 10.0 Å². The molecule has 0 saturated carbocycles. The van der Waals surface area contributed by atoms with Gasteiger partial charge in [0.1, 0.15) is 0 Å². The standard InChI is InChI=1S/C13H19N3O2S/c1-13(2,3)6-7-19(17,18)16-12-5-4-10(9-14)8-11(12)15/h4-5,8,16H,6-7,15H2,1-3H3. The molecule has 0 bridgehead atoms. The average molecular weight is 281 g/mol. The molecule has 0 unspecified atom stereocenters. The summed E-state index contributed by atoms with van der Waals surface area (Å²) < 4.78 is 26.3. The molecule has 0 aromatic heterocycles. The largest absolute Gasteiger partial charge is 0.397 e. The van der Waals surface area contributed by atoms with E-state index in [0.29, 0.717) is 17.7 Å². The second kappa shape index (κ2) is 5.49. The maximum atomic E-state index is 11.9. The predicted octanol–water partition coefficient (Wildman–Crippen LogP) is 2.32. The number of nitriles is 1. The van der Waals surface area contributed by atoms with Crippen molar-refractivity contribution >= 4 is 21.4 Å². The highest BCUT2D eigenvalue weighted by molar-refractivity contribution is 7.92. The lowest BCUT2D eigenvalue weighted by atomic mass is 9.94. The van der Waals surface area contributed by atoms with Gasteiger partial charge in [0.05, 0.1) is 28.8 Å². The summed E-state index contributed by atoms with van der Waals surface area (Å²) in [5.41, 5.74) is 6.62. The molecule has 0 heterocycles. The molecule has 1 rings (SSSR count). The number of anilines is 2. The summed E-state index contributed by atoms with van der Waals surface area (Å²) in [4.78, 5) is 0. The topological polar surface area (TPSA) is 96.0 Å². The molecule has 6 heteroatoms. The maximum absolute atomic E-state index is 11.9. The molecule has 0 aliphatic carbocycles. The summed E-state index contributed by atoms with van der Waals surface area (Å²) in [7, 11) is -3.42. The van der Waals surface area contributed by atoms with Crippen molar-refractivity contribution in [3.8, 4) is 6.07 Å². The van der Waals surface area contributed by atoms with Crippen LogP contribution in [0.1, 0.15) is 32.8 Å². The van der Waals surface area contributed by atoms with Crippen LogP contribution in [0.15, 0.2) is 18.2 Å². The average Bonchev–Trinajstić information content (AvgIpc) is 2.28. The number of sulfonamides is 1. The fourth-order valence-corrected chi connectivity index (χ4v) is 2.89. The Morgan fingerprint density at radius 3 is 2.47 bits per heavy atom. The third-order valence-electron chi connectivity index (χ3n) is 2.57. The summed E-state index contributed by atoms with van der Waals surface area (Å²) in [6.45, 7) is 5.95. The molecule has 1 aromatic carbocycles. The minimum Gasteiger partial charge on any atom is -0.397 e. The molecule has 1 aromatic rings. The second-order valence-corrected chi connectivity index (χ2v) is 7.49. The Morgan fingerprint density at radius 2 is 2.00 bits per heavy atom. The number of nitrogens with two attached hydrogens (primary N) is 1. The number of nitrogens with zero attached hydrogens (tertiary/aromatic N) is 1. The lowest BCUT2D eigenvalue weighted by molar-refractivity contribution is 0.397. The van der Waals surface area contributed by atoms with E-state index in [2.05, 4.69) is 4.72 Å². The van der Waals surface area contributed by atoms with E-state index < -0.39 is 10.0 Å². The SMILES string of the molecule is CC(C)(C)CCS(=O)(=O)Nc1ccc(C#N)cc1N. The smallest absolute Gasteiger partial charge is 0.232 e. The molecule has 0 saturated heterocycles. The quantitative estimate of drug-likeness (QED) is 0.828. The Morgan fingerprint density at radius 1 is 1.37 bits per heavy atom. The van der Waals surface area contributed by atoms with Crippen molar-refractivity contribution in [1.82, 2.24) is 0 Å². The van der Waals surface area contributed by atoms with E-state index in [1.54, 1.807) is 0 Å². The number of hydrogen-bond donors (Lipinski definition) is 2. The van der Waals surface area contributed by atoms with E-state index in [9.17, 15) is 8.42 Å². The fraction of sp³-hybridized carbons (Fsp3) is 0.462. The van der Waals surface area contributed by atoms with Crippen molar-refractivity contribution in [2.24, 2.45) is 5.41 Å². The molecule has 0 atom stereocenters. The minimum absolute atomic E-state index is 0.0376. The molecular formula is C13H19N3O2S. The van der Waals surface area contributed by atoms with Crippen LogP contribution in [0.25, 0.3) is 0 Å². The molecule has 5 nitrogen and oxygen atoms in total. The van der Waals surface area contributed by atoms with Crippen molar-refractivity contribution in [3.05, 3.63) is 23.8 Å². The molecule has 0 aliphatic heterocycles. The van der Waals surface area contributed by atoms with Gasteiger partial charge in [-0.05, 0) is 30.0 Å². The number of rotatable bonds is 4. The Balaban J connectivity index is 2.82. The van der Waals surface area contributed by atoms with Gasteiger partial charge in [-0.15, -0.1) is 0 Å². The molecule has 0 amide bonds. The van der Waals surface area contributed by atoms with E-state index in [-0.39, 0.29) is 16.9 Å². The summed E-state index contributed by atoms with van der Waals surface area (Å²) in [6.07, 6.45) is 0.554. The minimum atomic E-state index is -3.42. The van der Waals surface area contributed by atoms with E-state index >= 15 is 0 Å². The zero-order chi connectivity index (χ0) is 14.7. The van der Waals surface area contributed by atoms with Crippen LogP contribution < -0.4 is 10.5 Å². The van der Waals surface area contributed by atoms with E-state index in [1.807, 2.05) is 26.8 Å². The molecule has 0 radical (unpaired) electrons. The third kappa shape index (κ3) is 5.18. The van der Waals surface area contributed by atoms with Gasteiger partial charge < -0.3 is 5.73 Å². The lowest BCUT2D eigenvalue weighted by Gasteiger charge is -2.18. The van der Waals surface area contributed by atoms with E-state index in [1.165, 1.54) is 18.2 Å². The number of nitrogens with one attached hydrogen (secondary N) is 1. The van der Waals surface area contributed by atoms with Crippen LogP contribution in [-0.4, -0.2) is 14.2 Å². The van der Waals surface area contributed by atoms with Gasteiger partial charge in [-0.25, -0.2) is 8.42 Å². The Labute approximate surface area is 114 Å². The lowest BCUT2D eigenvalue weighted by Crippen LogP contribution is -2.21. The van der Waals surface area contributed by atoms with Crippen molar-refractivity contribution in [1.29, 1.82) is 5.26 Å². The van der Waals surface area contributed by atoms with Gasteiger partial charge in [-0.2, -0.15) is 5.26 Å². The van der Waals surface area contributed by atoms with Crippen molar-refractivity contribution < 1.29 is 8.42 Å². The molecule has 0 fully saturated rings. The summed E-state index contributed by atoms with van der Waals surface area (Å²) in [5, 5.41) is 8.72. The van der Waals surface area contributed by atoms with Gasteiger partial charge in [-0.3, -0.25) is 4.72 Å². The first-order valence-electron chi connectivity index (χ1n) is 5.93. The zero-order valence-corrected chi connectivity index (χ0v) is 12.2. The molecule has 0 spiro atoms. The van der Waals surface area contributed by atoms with E-state index in [0.717, 1.165) is 0 Å². The van der Waals surface area contributed by atoms with Crippen LogP contribution in [0.5, 0.6) is 0 Å². The summed E-state index contributed by atoms with van der Waals surface area (Å²) >= 11 is 0. The van der Waals surface area contributed by atoms with Crippen LogP contribution >= 0.6 is 0 Å². The van der Waals surface area contributed by atoms with E-state index in [4.69, 9.17) is 11.0 Å². The van der Waals surface area contributed by atoms with Gasteiger partial charge in [-0.1, -0.05) is 20.8 Å². The Hall–Kier alpha value is -1.74. The molecule has 0 aliphatic rings. The normalized spacial score (nSPS) is 11.9. The van der Waals surface area contributed by atoms with Crippen LogP contribution in [0.3, 0.4) is 0 Å². The predicted molar refractivity (Wildman–Crippen MR) is 77.1 cm³/mol. The molecular weight excluding hydrogens is 262 g/mol. The second-order valence-electron chi connectivity index (χ2n) is 5.65. The van der Waals surface area contributed by atoms with Crippen LogP contribution in [0.4, 0.5) is 11.4 Å². The van der Waals surface area contributed by atoms with Crippen molar-refractivity contribution in [3.63, 3.8) is 0 Å². The van der Waals surface area contributed by atoms with Crippen molar-refractivity contribution in [2.75, 3.05) is 16.2 Å². The monoisotopic (exact) mass is 281 g/mol. The Kier molecular flexibility index (Phi) is 4.43. The van der Waals surface area contributed by atoms with Crippen LogP contribution in [-0.2, 0) is 10.0 Å². The van der Waals surface area contributed by atoms with Gasteiger partial charge >= 0.3 is 0 Å². The third-order valence-corrected chi connectivity index (χ3v) is 3.84. The first-order chi connectivity index (χ1) is 8.63. The first kappa shape index (κ1) is 15.3. The summed E-state index contributed by atoms with van der Waals surface area (Å²) in [6, 6.07) is 6.42. The number of hydrogen-bond acceptors (Lipinski definition) is 4. The highest BCUT2D eigenvalue weighted by Gasteiger charge is 2.18. The maximum Gasteiger partial charge on any atom is 0.232 e. The number of benzene rings is 1. The molecule has 3 N–H and O–H groups in total. The van der Waals surface area contributed by atoms with Gasteiger partial charge in [0, 0.05) is 0 Å². The zero-order valence-electron chi connectivity index (χ0n) is 11.4. The van der Waals surface area contributed by atoms with Crippen LogP contribution in [0.2, 0.25) is 0 Å². The highest BCUT2D eigenvalue weighted by Crippen LogP contribution is 2.23. The van der Waals surface area contributed by atoms with Gasteiger partial charge in [0.25, 0.3) is 0 Å². The molecule has 19 heavy (non-hydrogen) atoms. The Bertz CT molecular complexity index is 595. The first-order valence-corrected chi connectivity index (χ1v) is 7.58. The molecule has 104 valence electrons.